The Balaban J connectivity index is 2.00. The molecule has 6 nitrogen and oxygen atoms in total. The molecular formula is C16H14N4O2. The third-order valence-corrected chi connectivity index (χ3v) is 3.94. The Morgan fingerprint density at radius 1 is 1.41 bits per heavy atom. The van der Waals surface area contributed by atoms with Gasteiger partial charge in [-0.1, -0.05) is 6.07 Å². The first-order valence-corrected chi connectivity index (χ1v) is 7.06. The molecule has 0 aliphatic carbocycles. The van der Waals surface area contributed by atoms with E-state index in [1.165, 1.54) is 12.1 Å². The Morgan fingerprint density at radius 2 is 2.27 bits per heavy atom. The van der Waals surface area contributed by atoms with Gasteiger partial charge in [0.15, 0.2) is 0 Å². The summed E-state index contributed by atoms with van der Waals surface area (Å²) in [6, 6.07) is 10.6. The third kappa shape index (κ3) is 2.49. The number of hydrogen-bond acceptors (Lipinski definition) is 5. The summed E-state index contributed by atoms with van der Waals surface area (Å²) in [6.45, 7) is 0.825. The summed E-state index contributed by atoms with van der Waals surface area (Å²) < 4.78 is 0. The van der Waals surface area contributed by atoms with Gasteiger partial charge < -0.3 is 4.90 Å². The van der Waals surface area contributed by atoms with Crippen LogP contribution in [0.15, 0.2) is 42.7 Å². The van der Waals surface area contributed by atoms with Crippen molar-refractivity contribution in [2.24, 2.45) is 0 Å². The van der Waals surface area contributed by atoms with Crippen LogP contribution in [0.4, 0.5) is 11.4 Å². The average molecular weight is 294 g/mol. The molecule has 2 aromatic rings. The van der Waals surface area contributed by atoms with Crippen molar-refractivity contribution < 1.29 is 4.92 Å². The minimum absolute atomic E-state index is 0.0579. The van der Waals surface area contributed by atoms with E-state index in [1.807, 2.05) is 18.3 Å². The topological polar surface area (TPSA) is 83.1 Å². The van der Waals surface area contributed by atoms with Crippen LogP contribution in [0.3, 0.4) is 0 Å². The first kappa shape index (κ1) is 14.0. The summed E-state index contributed by atoms with van der Waals surface area (Å²) in [5.74, 6) is 0. The second-order valence-electron chi connectivity index (χ2n) is 5.21. The minimum Gasteiger partial charge on any atom is -0.363 e. The molecule has 1 aromatic heterocycles. The molecule has 1 aliphatic heterocycles. The molecule has 1 aromatic carbocycles. The van der Waals surface area contributed by atoms with Crippen molar-refractivity contribution in [1.29, 1.82) is 5.26 Å². The first-order valence-electron chi connectivity index (χ1n) is 7.06. The highest BCUT2D eigenvalue weighted by atomic mass is 16.6. The Hall–Kier alpha value is -2.94. The normalized spacial score (nSPS) is 17.2. The van der Waals surface area contributed by atoms with Crippen molar-refractivity contribution in [2.45, 2.75) is 18.9 Å². The quantitative estimate of drug-likeness (QED) is 0.641. The predicted molar refractivity (Wildman–Crippen MR) is 81.4 cm³/mol. The maximum absolute atomic E-state index is 10.9. The van der Waals surface area contributed by atoms with Gasteiger partial charge in [0.05, 0.1) is 22.2 Å². The molecule has 1 fully saturated rings. The molecule has 0 amide bonds. The van der Waals surface area contributed by atoms with E-state index in [-0.39, 0.29) is 11.7 Å². The van der Waals surface area contributed by atoms with Crippen molar-refractivity contribution in [2.75, 3.05) is 11.4 Å². The number of aromatic nitrogens is 1. The molecule has 1 atom stereocenters. The van der Waals surface area contributed by atoms with Gasteiger partial charge in [0.2, 0.25) is 0 Å². The lowest BCUT2D eigenvalue weighted by Gasteiger charge is -2.27. The van der Waals surface area contributed by atoms with E-state index in [2.05, 4.69) is 16.0 Å². The number of non-ortho nitro benzene ring substituents is 1. The number of pyridine rings is 1. The number of nitro groups is 1. The minimum atomic E-state index is -0.479. The number of hydrogen-bond donors (Lipinski definition) is 0. The van der Waals surface area contributed by atoms with E-state index < -0.39 is 4.92 Å². The molecule has 0 spiro atoms. The molecule has 0 N–H and O–H groups in total. The van der Waals surface area contributed by atoms with E-state index >= 15 is 0 Å². The average Bonchev–Trinajstić information content (AvgIpc) is 3.04. The Bertz CT molecular complexity index is 740. The lowest BCUT2D eigenvalue weighted by Crippen LogP contribution is -2.23. The summed E-state index contributed by atoms with van der Waals surface area (Å²) in [7, 11) is 0. The molecule has 0 saturated carbocycles. The van der Waals surface area contributed by atoms with Gasteiger partial charge in [0.25, 0.3) is 5.69 Å². The van der Waals surface area contributed by atoms with E-state index in [0.29, 0.717) is 5.56 Å². The molecule has 0 radical (unpaired) electrons. The fraction of sp³-hybridized carbons (Fsp3) is 0.250. The maximum Gasteiger partial charge on any atom is 0.270 e. The number of rotatable bonds is 3. The van der Waals surface area contributed by atoms with Gasteiger partial charge in [-0.15, -0.1) is 0 Å². The number of benzene rings is 1. The maximum atomic E-state index is 10.9. The number of anilines is 1. The Kier molecular flexibility index (Phi) is 3.71. The highest BCUT2D eigenvalue weighted by molar-refractivity contribution is 5.64. The summed E-state index contributed by atoms with van der Waals surface area (Å²) >= 11 is 0. The molecule has 2 heterocycles. The van der Waals surface area contributed by atoms with E-state index in [0.717, 1.165) is 30.6 Å². The smallest absolute Gasteiger partial charge is 0.270 e. The third-order valence-electron chi connectivity index (χ3n) is 3.94. The second-order valence-corrected chi connectivity index (χ2v) is 5.21. The number of nitro benzene ring substituents is 1. The van der Waals surface area contributed by atoms with Crippen LogP contribution < -0.4 is 4.90 Å². The SMILES string of the molecule is N#Cc1cc([N+](=O)[O-])ccc1N1CCC[C@H]1c1cccnc1. The zero-order valence-corrected chi connectivity index (χ0v) is 11.8. The van der Waals surface area contributed by atoms with Crippen molar-refractivity contribution in [1.82, 2.24) is 4.98 Å². The summed E-state index contributed by atoms with van der Waals surface area (Å²) in [6.07, 6.45) is 5.56. The van der Waals surface area contributed by atoms with Crippen molar-refractivity contribution in [3.05, 3.63) is 64.0 Å². The zero-order chi connectivity index (χ0) is 15.5. The van der Waals surface area contributed by atoms with Gasteiger partial charge in [-0.25, -0.2) is 0 Å². The molecule has 110 valence electrons. The molecule has 0 bridgehead atoms. The fourth-order valence-electron chi connectivity index (χ4n) is 2.95. The van der Waals surface area contributed by atoms with Crippen LogP contribution in [-0.4, -0.2) is 16.5 Å². The molecule has 3 rings (SSSR count). The Morgan fingerprint density at radius 3 is 2.95 bits per heavy atom. The molecule has 1 saturated heterocycles. The highest BCUT2D eigenvalue weighted by Crippen LogP contribution is 2.38. The second kappa shape index (κ2) is 5.82. The predicted octanol–water partition coefficient (Wildman–Crippen LogP) is 3.20. The lowest BCUT2D eigenvalue weighted by atomic mass is 10.1. The van der Waals surface area contributed by atoms with E-state index in [4.69, 9.17) is 0 Å². The molecular weight excluding hydrogens is 280 g/mol. The molecule has 0 unspecified atom stereocenters. The largest absolute Gasteiger partial charge is 0.363 e. The summed E-state index contributed by atoms with van der Waals surface area (Å²) in [5, 5.41) is 20.2. The fourth-order valence-corrected chi connectivity index (χ4v) is 2.95. The van der Waals surface area contributed by atoms with Crippen LogP contribution in [0.2, 0.25) is 0 Å². The molecule has 1 aliphatic rings. The van der Waals surface area contributed by atoms with Crippen molar-refractivity contribution >= 4 is 11.4 Å². The van der Waals surface area contributed by atoms with Gasteiger partial charge in [0.1, 0.15) is 6.07 Å². The number of nitriles is 1. The standard InChI is InChI=1S/C16H14N4O2/c17-10-13-9-14(20(21)22)5-6-16(13)19-8-2-4-15(19)12-3-1-7-18-11-12/h1,3,5-7,9,11,15H,2,4,8H2/t15-/m0/s1. The van der Waals surface area contributed by atoms with Gasteiger partial charge in [0, 0.05) is 31.1 Å². The Labute approximate surface area is 127 Å². The van der Waals surface area contributed by atoms with Gasteiger partial charge in [-0.05, 0) is 30.5 Å². The monoisotopic (exact) mass is 294 g/mol. The van der Waals surface area contributed by atoms with Crippen LogP contribution in [0.25, 0.3) is 0 Å². The first-order chi connectivity index (χ1) is 10.7. The molecule has 6 heteroatoms. The molecule has 22 heavy (non-hydrogen) atoms. The van der Waals surface area contributed by atoms with Crippen molar-refractivity contribution in [3.63, 3.8) is 0 Å². The lowest BCUT2D eigenvalue weighted by molar-refractivity contribution is -0.384. The highest BCUT2D eigenvalue weighted by Gasteiger charge is 2.28. The number of nitrogens with zero attached hydrogens (tertiary/aromatic N) is 4. The summed E-state index contributed by atoms with van der Waals surface area (Å²) in [5.41, 5.74) is 2.13. The van der Waals surface area contributed by atoms with Gasteiger partial charge in [-0.2, -0.15) is 5.26 Å². The summed E-state index contributed by atoms with van der Waals surface area (Å²) in [4.78, 5) is 16.7. The van der Waals surface area contributed by atoms with Crippen LogP contribution in [-0.2, 0) is 0 Å². The van der Waals surface area contributed by atoms with Crippen LogP contribution in [0.1, 0.15) is 30.0 Å². The van der Waals surface area contributed by atoms with E-state index in [9.17, 15) is 15.4 Å². The zero-order valence-electron chi connectivity index (χ0n) is 11.8. The van der Waals surface area contributed by atoms with Crippen LogP contribution >= 0.6 is 0 Å². The van der Waals surface area contributed by atoms with Crippen molar-refractivity contribution in [3.8, 4) is 6.07 Å². The van der Waals surface area contributed by atoms with Crippen LogP contribution in [0, 0.1) is 21.4 Å². The van der Waals surface area contributed by atoms with Gasteiger partial charge >= 0.3 is 0 Å². The van der Waals surface area contributed by atoms with E-state index in [1.54, 1.807) is 12.3 Å². The van der Waals surface area contributed by atoms with Gasteiger partial charge in [-0.3, -0.25) is 15.1 Å². The van der Waals surface area contributed by atoms with Crippen LogP contribution in [0.5, 0.6) is 0 Å².